The third-order valence-corrected chi connectivity index (χ3v) is 2.89. The largest absolute Gasteiger partial charge is 0.306 e. The Morgan fingerprint density at radius 2 is 2.06 bits per heavy atom. The van der Waals surface area contributed by atoms with E-state index in [2.05, 4.69) is 15.3 Å². The van der Waals surface area contributed by atoms with Gasteiger partial charge in [-0.2, -0.15) is 0 Å². The van der Waals surface area contributed by atoms with Crippen LogP contribution in [0.5, 0.6) is 0 Å². The summed E-state index contributed by atoms with van der Waals surface area (Å²) in [7, 11) is 0. The van der Waals surface area contributed by atoms with Gasteiger partial charge in [0.15, 0.2) is 0 Å². The van der Waals surface area contributed by atoms with Crippen molar-refractivity contribution in [3.63, 3.8) is 0 Å². The lowest BCUT2D eigenvalue weighted by Gasteiger charge is -2.05. The average Bonchev–Trinajstić information content (AvgIpc) is 2.32. The molecule has 18 heavy (non-hydrogen) atoms. The summed E-state index contributed by atoms with van der Waals surface area (Å²) in [5.41, 5.74) is 1.37. The molecule has 6 heteroatoms. The number of hydrogen-bond acceptors (Lipinski definition) is 3. The van der Waals surface area contributed by atoms with Crippen LogP contribution in [-0.4, -0.2) is 15.9 Å². The van der Waals surface area contributed by atoms with Crippen LogP contribution in [0.3, 0.4) is 0 Å². The quantitative estimate of drug-likeness (QED) is 0.859. The predicted molar refractivity (Wildman–Crippen MR) is 71.2 cm³/mol. The van der Waals surface area contributed by atoms with Crippen LogP contribution in [0.1, 0.15) is 15.9 Å². The lowest BCUT2D eigenvalue weighted by Crippen LogP contribution is -2.13. The van der Waals surface area contributed by atoms with Gasteiger partial charge in [0, 0.05) is 16.8 Å². The van der Waals surface area contributed by atoms with Crippen LogP contribution in [0.25, 0.3) is 0 Å². The lowest BCUT2D eigenvalue weighted by molar-refractivity contribution is 0.102. The second-order valence-electron chi connectivity index (χ2n) is 3.63. The second kappa shape index (κ2) is 5.33. The van der Waals surface area contributed by atoms with Gasteiger partial charge in [0.1, 0.15) is 5.82 Å². The topological polar surface area (TPSA) is 54.9 Å². The number of amides is 1. The maximum Gasteiger partial charge on any atom is 0.256 e. The van der Waals surface area contributed by atoms with E-state index in [1.807, 2.05) is 6.92 Å². The molecule has 1 N–H and O–H groups in total. The first-order valence-electron chi connectivity index (χ1n) is 5.12. The molecule has 0 fully saturated rings. The third-order valence-electron chi connectivity index (χ3n) is 2.30. The summed E-state index contributed by atoms with van der Waals surface area (Å²) >= 11 is 11.6. The van der Waals surface area contributed by atoms with Crippen molar-refractivity contribution >= 4 is 34.9 Å². The molecule has 0 radical (unpaired) electrons. The first-order chi connectivity index (χ1) is 8.56. The number of halogens is 2. The Morgan fingerprint density at radius 3 is 2.72 bits per heavy atom. The van der Waals surface area contributed by atoms with E-state index in [4.69, 9.17) is 23.2 Å². The van der Waals surface area contributed by atoms with Gasteiger partial charge in [-0.25, -0.2) is 9.97 Å². The van der Waals surface area contributed by atoms with E-state index < -0.39 is 0 Å². The molecule has 92 valence electrons. The highest BCUT2D eigenvalue weighted by Gasteiger charge is 2.08. The van der Waals surface area contributed by atoms with Crippen LogP contribution in [-0.2, 0) is 0 Å². The molecule has 1 aromatic heterocycles. The lowest BCUT2D eigenvalue weighted by atomic mass is 10.1. The van der Waals surface area contributed by atoms with Gasteiger partial charge in [-0.15, -0.1) is 0 Å². The summed E-state index contributed by atoms with van der Waals surface area (Å²) < 4.78 is 0. The second-order valence-corrected chi connectivity index (χ2v) is 4.37. The average molecular weight is 282 g/mol. The van der Waals surface area contributed by atoms with Crippen molar-refractivity contribution in [2.24, 2.45) is 0 Å². The number of benzene rings is 1. The smallest absolute Gasteiger partial charge is 0.256 e. The fourth-order valence-corrected chi connectivity index (χ4v) is 1.66. The number of anilines is 1. The zero-order valence-electron chi connectivity index (χ0n) is 9.45. The predicted octanol–water partition coefficient (Wildman–Crippen LogP) is 3.34. The molecule has 0 aliphatic heterocycles. The van der Waals surface area contributed by atoms with E-state index in [1.54, 1.807) is 24.3 Å². The molecule has 0 aliphatic rings. The number of aromatic nitrogens is 2. The van der Waals surface area contributed by atoms with Crippen LogP contribution in [0, 0.1) is 6.92 Å². The molecular formula is C12H9Cl2N3O. The van der Waals surface area contributed by atoms with Crippen LogP contribution in [0.15, 0.2) is 30.5 Å². The number of nitrogens with zero attached hydrogens (tertiary/aromatic N) is 2. The minimum atomic E-state index is -0.299. The van der Waals surface area contributed by atoms with Gasteiger partial charge in [-0.05, 0) is 42.3 Å². The maximum atomic E-state index is 11.9. The molecule has 0 aliphatic carbocycles. The fraction of sp³-hybridized carbons (Fsp3) is 0.0833. The van der Waals surface area contributed by atoms with Gasteiger partial charge >= 0.3 is 0 Å². The van der Waals surface area contributed by atoms with Crippen molar-refractivity contribution in [3.8, 4) is 0 Å². The molecule has 1 amide bonds. The fourth-order valence-electron chi connectivity index (χ4n) is 1.33. The molecule has 1 aromatic carbocycles. The van der Waals surface area contributed by atoms with E-state index in [1.165, 1.54) is 6.20 Å². The Labute approximate surface area is 114 Å². The Morgan fingerprint density at radius 1 is 1.28 bits per heavy atom. The zero-order valence-corrected chi connectivity index (χ0v) is 11.0. The maximum absolute atomic E-state index is 11.9. The van der Waals surface area contributed by atoms with E-state index in [9.17, 15) is 4.79 Å². The van der Waals surface area contributed by atoms with Gasteiger partial charge < -0.3 is 5.32 Å². The number of aryl methyl sites for hydroxylation is 1. The Kier molecular flexibility index (Phi) is 3.79. The van der Waals surface area contributed by atoms with E-state index in [0.29, 0.717) is 16.4 Å². The number of rotatable bonds is 2. The highest BCUT2D eigenvalue weighted by atomic mass is 35.5. The molecule has 2 aromatic rings. The van der Waals surface area contributed by atoms with E-state index in [-0.39, 0.29) is 11.2 Å². The molecule has 0 atom stereocenters. The SMILES string of the molecule is Cc1ccc(C(=O)Nc2ccnc(Cl)n2)cc1Cl. The van der Waals surface area contributed by atoms with Gasteiger partial charge in [-0.3, -0.25) is 4.79 Å². The summed E-state index contributed by atoms with van der Waals surface area (Å²) in [6.45, 7) is 1.87. The summed E-state index contributed by atoms with van der Waals surface area (Å²) in [6.07, 6.45) is 1.47. The monoisotopic (exact) mass is 281 g/mol. The zero-order chi connectivity index (χ0) is 13.1. The van der Waals surface area contributed by atoms with Crippen molar-refractivity contribution in [2.45, 2.75) is 6.92 Å². The van der Waals surface area contributed by atoms with Gasteiger partial charge in [0.2, 0.25) is 5.28 Å². The first kappa shape index (κ1) is 12.8. The van der Waals surface area contributed by atoms with Crippen molar-refractivity contribution in [1.29, 1.82) is 0 Å². The normalized spacial score (nSPS) is 10.2. The molecule has 0 saturated carbocycles. The summed E-state index contributed by atoms with van der Waals surface area (Å²) in [4.78, 5) is 19.5. The molecule has 0 bridgehead atoms. The van der Waals surface area contributed by atoms with Crippen molar-refractivity contribution < 1.29 is 4.79 Å². The van der Waals surface area contributed by atoms with Crippen molar-refractivity contribution in [2.75, 3.05) is 5.32 Å². The third kappa shape index (κ3) is 2.97. The van der Waals surface area contributed by atoms with Gasteiger partial charge in [-0.1, -0.05) is 17.7 Å². The van der Waals surface area contributed by atoms with Crippen molar-refractivity contribution in [1.82, 2.24) is 9.97 Å². The first-order valence-corrected chi connectivity index (χ1v) is 5.88. The minimum absolute atomic E-state index is 0.0785. The van der Waals surface area contributed by atoms with E-state index >= 15 is 0 Å². The number of carbonyl (C=O) groups excluding carboxylic acids is 1. The molecular weight excluding hydrogens is 273 g/mol. The molecule has 0 unspecified atom stereocenters. The van der Waals surface area contributed by atoms with E-state index in [0.717, 1.165) is 5.56 Å². The molecule has 4 nitrogen and oxygen atoms in total. The summed E-state index contributed by atoms with van der Waals surface area (Å²) in [5.74, 6) is 0.0448. The highest BCUT2D eigenvalue weighted by molar-refractivity contribution is 6.31. The Hall–Kier alpha value is -1.65. The van der Waals surface area contributed by atoms with Gasteiger partial charge in [0.05, 0.1) is 0 Å². The molecule has 1 heterocycles. The van der Waals surface area contributed by atoms with Crippen LogP contribution in [0.4, 0.5) is 5.82 Å². The Balaban J connectivity index is 2.19. The molecule has 0 spiro atoms. The standard InChI is InChI=1S/C12H9Cl2N3O/c1-7-2-3-8(6-9(7)13)11(18)16-10-4-5-15-12(14)17-10/h2-6H,1H3,(H,15,16,17,18). The van der Waals surface area contributed by atoms with Crippen LogP contribution < -0.4 is 5.32 Å². The summed E-state index contributed by atoms with van der Waals surface area (Å²) in [5, 5.41) is 3.24. The summed E-state index contributed by atoms with van der Waals surface area (Å²) in [6, 6.07) is 6.64. The molecule has 0 saturated heterocycles. The highest BCUT2D eigenvalue weighted by Crippen LogP contribution is 2.17. The van der Waals surface area contributed by atoms with Crippen LogP contribution >= 0.6 is 23.2 Å². The minimum Gasteiger partial charge on any atom is -0.306 e. The number of nitrogens with one attached hydrogen (secondary N) is 1. The molecule has 2 rings (SSSR count). The number of carbonyl (C=O) groups is 1. The van der Waals surface area contributed by atoms with Crippen molar-refractivity contribution in [3.05, 3.63) is 51.9 Å². The Bertz CT molecular complexity index is 602. The number of hydrogen-bond donors (Lipinski definition) is 1. The van der Waals surface area contributed by atoms with Gasteiger partial charge in [0.25, 0.3) is 5.91 Å². The van der Waals surface area contributed by atoms with Crippen LogP contribution in [0.2, 0.25) is 10.3 Å².